The minimum Gasteiger partial charge on any atom is -0.476 e. The minimum atomic E-state index is -0.419. The molecular weight excluding hydrogens is 272 g/mol. The van der Waals surface area contributed by atoms with Gasteiger partial charge in [0.15, 0.2) is 0 Å². The van der Waals surface area contributed by atoms with Gasteiger partial charge in [-0.25, -0.2) is 0 Å². The summed E-state index contributed by atoms with van der Waals surface area (Å²) in [7, 11) is 0. The molecule has 7 nitrogen and oxygen atoms in total. The van der Waals surface area contributed by atoms with E-state index in [0.717, 1.165) is 6.42 Å². The Hall–Kier alpha value is -2.31. The fraction of sp³-hybridized carbons (Fsp3) is 0.500. The van der Waals surface area contributed by atoms with Gasteiger partial charge >= 0.3 is 0 Å². The lowest BCUT2D eigenvalue weighted by molar-refractivity contribution is -0.132. The van der Waals surface area contributed by atoms with Crippen LogP contribution in [-0.2, 0) is 9.59 Å². The standard InChI is InChI=1S/C14H20N4O3/c1-3-7-21-14-9(15)5-6-11(16-14)18-8-12(19)17-13(20)10(18)4-2/h5-6,10H,3-4,7-8,15H2,1-2H3,(H,17,19,20). The summed E-state index contributed by atoms with van der Waals surface area (Å²) in [5, 5.41) is 2.34. The number of rotatable bonds is 5. The highest BCUT2D eigenvalue weighted by molar-refractivity contribution is 6.04. The van der Waals surface area contributed by atoms with Crippen molar-refractivity contribution >= 4 is 23.3 Å². The number of hydrogen-bond donors (Lipinski definition) is 2. The average molecular weight is 292 g/mol. The Morgan fingerprint density at radius 1 is 1.43 bits per heavy atom. The van der Waals surface area contributed by atoms with Crippen LogP contribution in [-0.4, -0.2) is 36.0 Å². The van der Waals surface area contributed by atoms with E-state index < -0.39 is 6.04 Å². The zero-order valence-corrected chi connectivity index (χ0v) is 12.3. The maximum absolute atomic E-state index is 11.9. The van der Waals surface area contributed by atoms with Gasteiger partial charge in [0.25, 0.3) is 0 Å². The normalized spacial score (nSPS) is 18.6. The molecule has 0 saturated carbocycles. The van der Waals surface area contributed by atoms with Gasteiger partial charge in [0.1, 0.15) is 11.9 Å². The van der Waals surface area contributed by atoms with Crippen molar-refractivity contribution in [3.63, 3.8) is 0 Å². The maximum atomic E-state index is 11.9. The number of imide groups is 1. The quantitative estimate of drug-likeness (QED) is 0.775. The molecule has 114 valence electrons. The van der Waals surface area contributed by atoms with Crippen molar-refractivity contribution in [3.05, 3.63) is 12.1 Å². The Bertz CT molecular complexity index is 547. The lowest BCUT2D eigenvalue weighted by Gasteiger charge is -2.34. The van der Waals surface area contributed by atoms with E-state index >= 15 is 0 Å². The molecule has 1 aromatic rings. The smallest absolute Gasteiger partial charge is 0.249 e. The second kappa shape index (κ2) is 6.43. The van der Waals surface area contributed by atoms with Gasteiger partial charge < -0.3 is 15.4 Å². The van der Waals surface area contributed by atoms with Gasteiger partial charge in [-0.3, -0.25) is 14.9 Å². The number of anilines is 2. The first-order chi connectivity index (χ1) is 10.1. The number of piperazine rings is 1. The summed E-state index contributed by atoms with van der Waals surface area (Å²) in [6.07, 6.45) is 1.42. The third-order valence-electron chi connectivity index (χ3n) is 3.25. The lowest BCUT2D eigenvalue weighted by Crippen LogP contribution is -2.58. The van der Waals surface area contributed by atoms with E-state index in [1.165, 1.54) is 0 Å². The molecule has 0 aliphatic carbocycles. The van der Waals surface area contributed by atoms with Crippen molar-refractivity contribution < 1.29 is 14.3 Å². The van der Waals surface area contributed by atoms with Gasteiger partial charge in [-0.2, -0.15) is 4.98 Å². The molecule has 2 amide bonds. The number of nitrogens with zero attached hydrogens (tertiary/aromatic N) is 2. The molecule has 2 heterocycles. The Morgan fingerprint density at radius 3 is 2.86 bits per heavy atom. The van der Waals surface area contributed by atoms with Crippen molar-refractivity contribution in [3.8, 4) is 5.88 Å². The van der Waals surface area contributed by atoms with Crippen LogP contribution < -0.4 is 20.7 Å². The summed E-state index contributed by atoms with van der Waals surface area (Å²) in [5.74, 6) is 0.218. The summed E-state index contributed by atoms with van der Waals surface area (Å²) in [4.78, 5) is 29.5. The molecular formula is C14H20N4O3. The number of ether oxygens (including phenoxy) is 1. The molecule has 0 radical (unpaired) electrons. The van der Waals surface area contributed by atoms with E-state index in [2.05, 4.69) is 10.3 Å². The number of hydrogen-bond acceptors (Lipinski definition) is 6. The number of amides is 2. The molecule has 0 aromatic carbocycles. The Labute approximate surface area is 123 Å². The van der Waals surface area contributed by atoms with Crippen LogP contribution in [0.3, 0.4) is 0 Å². The SMILES string of the molecule is CCCOc1nc(N2CC(=O)NC(=O)C2CC)ccc1N. The van der Waals surface area contributed by atoms with Gasteiger partial charge in [0, 0.05) is 0 Å². The summed E-state index contributed by atoms with van der Waals surface area (Å²) in [6.45, 7) is 4.48. The number of nitrogen functional groups attached to an aromatic ring is 1. The molecule has 1 aliphatic heterocycles. The van der Waals surface area contributed by atoms with E-state index in [4.69, 9.17) is 10.5 Å². The second-order valence-corrected chi connectivity index (χ2v) is 4.88. The number of nitrogens with two attached hydrogens (primary N) is 1. The fourth-order valence-electron chi connectivity index (χ4n) is 2.23. The molecule has 0 spiro atoms. The Morgan fingerprint density at radius 2 is 2.19 bits per heavy atom. The summed E-state index contributed by atoms with van der Waals surface area (Å²) >= 11 is 0. The molecule has 1 atom stereocenters. The number of carbonyl (C=O) groups excluding carboxylic acids is 2. The van der Waals surface area contributed by atoms with E-state index in [9.17, 15) is 9.59 Å². The third-order valence-corrected chi connectivity index (χ3v) is 3.25. The van der Waals surface area contributed by atoms with Crippen LogP contribution in [0.5, 0.6) is 5.88 Å². The second-order valence-electron chi connectivity index (χ2n) is 4.88. The summed E-state index contributed by atoms with van der Waals surface area (Å²) < 4.78 is 5.49. The molecule has 3 N–H and O–H groups in total. The first-order valence-corrected chi connectivity index (χ1v) is 7.06. The van der Waals surface area contributed by atoms with Crippen LogP contribution in [0.4, 0.5) is 11.5 Å². The zero-order valence-electron chi connectivity index (χ0n) is 12.3. The van der Waals surface area contributed by atoms with Crippen molar-refractivity contribution in [2.75, 3.05) is 23.8 Å². The minimum absolute atomic E-state index is 0.0916. The van der Waals surface area contributed by atoms with E-state index in [-0.39, 0.29) is 18.4 Å². The predicted molar refractivity (Wildman–Crippen MR) is 79.0 cm³/mol. The fourth-order valence-corrected chi connectivity index (χ4v) is 2.23. The molecule has 1 saturated heterocycles. The van der Waals surface area contributed by atoms with Crippen molar-refractivity contribution in [2.45, 2.75) is 32.7 Å². The van der Waals surface area contributed by atoms with E-state index in [1.807, 2.05) is 13.8 Å². The van der Waals surface area contributed by atoms with Crippen LogP contribution in [0.2, 0.25) is 0 Å². The first-order valence-electron chi connectivity index (χ1n) is 7.06. The topological polar surface area (TPSA) is 97.5 Å². The van der Waals surface area contributed by atoms with Gasteiger partial charge in [-0.15, -0.1) is 0 Å². The highest BCUT2D eigenvalue weighted by Crippen LogP contribution is 2.26. The molecule has 2 rings (SSSR count). The highest BCUT2D eigenvalue weighted by atomic mass is 16.5. The molecule has 1 aliphatic rings. The van der Waals surface area contributed by atoms with Crippen LogP contribution in [0.1, 0.15) is 26.7 Å². The number of nitrogens with one attached hydrogen (secondary N) is 1. The molecule has 21 heavy (non-hydrogen) atoms. The van der Waals surface area contributed by atoms with E-state index in [0.29, 0.717) is 30.4 Å². The van der Waals surface area contributed by atoms with Gasteiger partial charge in [-0.1, -0.05) is 13.8 Å². The zero-order chi connectivity index (χ0) is 15.4. The van der Waals surface area contributed by atoms with Crippen LogP contribution >= 0.6 is 0 Å². The number of carbonyl (C=O) groups is 2. The largest absolute Gasteiger partial charge is 0.476 e. The van der Waals surface area contributed by atoms with Gasteiger partial charge in [0.05, 0.1) is 18.8 Å². The maximum Gasteiger partial charge on any atom is 0.249 e. The molecule has 1 unspecified atom stereocenters. The van der Waals surface area contributed by atoms with Crippen LogP contribution in [0.25, 0.3) is 0 Å². The average Bonchev–Trinajstić information content (AvgIpc) is 2.45. The summed E-state index contributed by atoms with van der Waals surface area (Å²) in [5.41, 5.74) is 6.27. The predicted octanol–water partition coefficient (Wildman–Crippen LogP) is 0.694. The molecule has 1 fully saturated rings. The van der Waals surface area contributed by atoms with Crippen LogP contribution in [0, 0.1) is 0 Å². The van der Waals surface area contributed by atoms with Crippen molar-refractivity contribution in [2.24, 2.45) is 0 Å². The van der Waals surface area contributed by atoms with Crippen molar-refractivity contribution in [1.82, 2.24) is 10.3 Å². The van der Waals surface area contributed by atoms with Crippen molar-refractivity contribution in [1.29, 1.82) is 0 Å². The lowest BCUT2D eigenvalue weighted by atomic mass is 10.1. The highest BCUT2D eigenvalue weighted by Gasteiger charge is 2.33. The first kappa shape index (κ1) is 15.1. The third kappa shape index (κ3) is 3.24. The van der Waals surface area contributed by atoms with Gasteiger partial charge in [0.2, 0.25) is 17.7 Å². The monoisotopic (exact) mass is 292 g/mol. The van der Waals surface area contributed by atoms with E-state index in [1.54, 1.807) is 17.0 Å². The number of pyridine rings is 1. The molecule has 1 aromatic heterocycles. The Balaban J connectivity index is 2.30. The summed E-state index contributed by atoms with van der Waals surface area (Å²) in [6, 6.07) is 2.96. The molecule has 0 bridgehead atoms. The van der Waals surface area contributed by atoms with Crippen LogP contribution in [0.15, 0.2) is 12.1 Å². The number of aromatic nitrogens is 1. The Kier molecular flexibility index (Phi) is 4.62. The molecule has 7 heteroatoms. The van der Waals surface area contributed by atoms with Gasteiger partial charge in [-0.05, 0) is 25.0 Å².